The Bertz CT molecular complexity index is 1030. The van der Waals surface area contributed by atoms with Crippen molar-refractivity contribution in [3.8, 4) is 11.4 Å². The predicted octanol–water partition coefficient (Wildman–Crippen LogP) is 4.04. The van der Waals surface area contributed by atoms with Crippen molar-refractivity contribution < 1.29 is 9.18 Å². The molecule has 29 heavy (non-hydrogen) atoms. The second-order valence-corrected chi connectivity index (χ2v) is 8.72. The number of benzene rings is 1. The Balaban J connectivity index is 1.55. The summed E-state index contributed by atoms with van der Waals surface area (Å²) in [6.07, 6.45) is 2.76. The molecule has 3 aromatic rings. The molecule has 0 unspecified atom stereocenters. The Morgan fingerprint density at radius 3 is 2.79 bits per heavy atom. The van der Waals surface area contributed by atoms with E-state index in [2.05, 4.69) is 22.0 Å². The van der Waals surface area contributed by atoms with Gasteiger partial charge in [-0.2, -0.15) is 5.10 Å². The SMILES string of the molecule is CCCCc1nc(-c2ccc(F)c(C)c2)nn1CC(=O)N1Cc2nc(C)sc2C1. The van der Waals surface area contributed by atoms with Gasteiger partial charge < -0.3 is 4.90 Å². The van der Waals surface area contributed by atoms with Gasteiger partial charge in [0.15, 0.2) is 5.82 Å². The topological polar surface area (TPSA) is 63.9 Å². The van der Waals surface area contributed by atoms with Crippen LogP contribution in [0.1, 0.15) is 46.7 Å². The van der Waals surface area contributed by atoms with Crippen molar-refractivity contribution in [1.29, 1.82) is 0 Å². The molecule has 1 aromatic carbocycles. The number of aromatic nitrogens is 4. The van der Waals surface area contributed by atoms with Gasteiger partial charge in [-0.3, -0.25) is 4.79 Å². The highest BCUT2D eigenvalue weighted by molar-refractivity contribution is 7.11. The van der Waals surface area contributed by atoms with Gasteiger partial charge in [0.25, 0.3) is 0 Å². The zero-order chi connectivity index (χ0) is 20.5. The molecule has 152 valence electrons. The fraction of sp³-hybridized carbons (Fsp3) is 0.429. The molecular formula is C21H24FN5OS. The second-order valence-electron chi connectivity index (χ2n) is 7.43. The third-order valence-corrected chi connectivity index (χ3v) is 6.11. The van der Waals surface area contributed by atoms with Crippen LogP contribution in [-0.4, -0.2) is 30.6 Å². The van der Waals surface area contributed by atoms with Crippen LogP contribution in [0.4, 0.5) is 4.39 Å². The van der Waals surface area contributed by atoms with Gasteiger partial charge in [-0.05, 0) is 44.0 Å². The molecule has 0 aliphatic carbocycles. The fourth-order valence-electron chi connectivity index (χ4n) is 3.50. The van der Waals surface area contributed by atoms with Crippen molar-refractivity contribution in [2.75, 3.05) is 0 Å². The van der Waals surface area contributed by atoms with Gasteiger partial charge in [0.2, 0.25) is 5.91 Å². The lowest BCUT2D eigenvalue weighted by Gasteiger charge is -2.16. The number of rotatable bonds is 6. The van der Waals surface area contributed by atoms with Crippen molar-refractivity contribution in [3.05, 3.63) is 51.0 Å². The summed E-state index contributed by atoms with van der Waals surface area (Å²) in [5, 5.41) is 5.63. The van der Waals surface area contributed by atoms with Crippen LogP contribution in [-0.2, 0) is 30.8 Å². The number of nitrogens with zero attached hydrogens (tertiary/aromatic N) is 5. The van der Waals surface area contributed by atoms with E-state index in [0.29, 0.717) is 24.5 Å². The first-order valence-electron chi connectivity index (χ1n) is 9.87. The fourth-order valence-corrected chi connectivity index (χ4v) is 4.46. The van der Waals surface area contributed by atoms with Crippen LogP contribution < -0.4 is 0 Å². The van der Waals surface area contributed by atoms with Crippen LogP contribution in [0, 0.1) is 19.7 Å². The lowest BCUT2D eigenvalue weighted by molar-refractivity contribution is -0.132. The Morgan fingerprint density at radius 2 is 2.07 bits per heavy atom. The van der Waals surface area contributed by atoms with Crippen molar-refractivity contribution in [2.24, 2.45) is 0 Å². The lowest BCUT2D eigenvalue weighted by Crippen LogP contribution is -2.30. The number of unbranched alkanes of at least 4 members (excludes halogenated alkanes) is 1. The summed E-state index contributed by atoms with van der Waals surface area (Å²) in [6, 6.07) is 4.85. The molecule has 4 rings (SSSR count). The molecule has 0 fully saturated rings. The molecule has 8 heteroatoms. The molecule has 2 aromatic heterocycles. The molecule has 1 aliphatic rings. The number of thiazole rings is 1. The summed E-state index contributed by atoms with van der Waals surface area (Å²) < 4.78 is 15.3. The van der Waals surface area contributed by atoms with Gasteiger partial charge >= 0.3 is 0 Å². The number of aryl methyl sites for hydroxylation is 3. The quantitative estimate of drug-likeness (QED) is 0.612. The largest absolute Gasteiger partial charge is 0.330 e. The minimum absolute atomic E-state index is 0.0114. The number of carbonyl (C=O) groups is 1. The van der Waals surface area contributed by atoms with Gasteiger partial charge in [0.1, 0.15) is 18.2 Å². The number of carbonyl (C=O) groups excluding carboxylic acids is 1. The molecule has 0 atom stereocenters. The molecule has 0 bridgehead atoms. The average molecular weight is 414 g/mol. The Labute approximate surface area is 173 Å². The summed E-state index contributed by atoms with van der Waals surface area (Å²) >= 11 is 1.65. The zero-order valence-electron chi connectivity index (χ0n) is 16.9. The van der Waals surface area contributed by atoms with Crippen LogP contribution in [0.25, 0.3) is 11.4 Å². The first kappa shape index (κ1) is 19.7. The number of fused-ring (bicyclic) bond motifs is 1. The van der Waals surface area contributed by atoms with Crippen LogP contribution >= 0.6 is 11.3 Å². The van der Waals surface area contributed by atoms with E-state index in [1.54, 1.807) is 35.1 Å². The third kappa shape index (κ3) is 4.07. The van der Waals surface area contributed by atoms with Gasteiger partial charge in [0, 0.05) is 16.9 Å². The normalized spacial score (nSPS) is 13.2. The van der Waals surface area contributed by atoms with Crippen molar-refractivity contribution >= 4 is 17.2 Å². The van der Waals surface area contributed by atoms with E-state index in [4.69, 9.17) is 0 Å². The first-order valence-corrected chi connectivity index (χ1v) is 10.7. The standard InChI is InChI=1S/C21H24FN5OS/c1-4-5-6-19-24-21(15-7-8-16(22)13(2)9-15)25-27(19)12-20(28)26-10-17-18(11-26)29-14(3)23-17/h7-9H,4-6,10-12H2,1-3H3. The van der Waals surface area contributed by atoms with Crippen molar-refractivity contribution in [2.45, 2.75) is 59.7 Å². The third-order valence-electron chi connectivity index (χ3n) is 5.12. The number of halogens is 1. The van der Waals surface area contributed by atoms with Crippen molar-refractivity contribution in [3.63, 3.8) is 0 Å². The maximum atomic E-state index is 13.6. The van der Waals surface area contributed by atoms with Crippen LogP contribution in [0.2, 0.25) is 0 Å². The van der Waals surface area contributed by atoms with Crippen molar-refractivity contribution in [1.82, 2.24) is 24.6 Å². The Morgan fingerprint density at radius 1 is 1.24 bits per heavy atom. The van der Waals surface area contributed by atoms with Gasteiger partial charge in [0.05, 0.1) is 23.8 Å². The van der Waals surface area contributed by atoms with Crippen LogP contribution in [0.15, 0.2) is 18.2 Å². The summed E-state index contributed by atoms with van der Waals surface area (Å²) in [5.41, 5.74) is 2.32. The highest BCUT2D eigenvalue weighted by Crippen LogP contribution is 2.28. The zero-order valence-corrected chi connectivity index (χ0v) is 17.7. The second kappa shape index (κ2) is 8.02. The molecule has 0 spiro atoms. The molecule has 1 aliphatic heterocycles. The predicted molar refractivity (Wildman–Crippen MR) is 110 cm³/mol. The molecule has 0 saturated carbocycles. The average Bonchev–Trinajstić information content (AvgIpc) is 3.35. The molecule has 3 heterocycles. The van der Waals surface area contributed by atoms with Gasteiger partial charge in [-0.1, -0.05) is 13.3 Å². The molecule has 1 amide bonds. The minimum atomic E-state index is -0.250. The van der Waals surface area contributed by atoms with Gasteiger partial charge in [-0.15, -0.1) is 11.3 Å². The highest BCUT2D eigenvalue weighted by Gasteiger charge is 2.27. The molecule has 0 radical (unpaired) electrons. The highest BCUT2D eigenvalue weighted by atomic mass is 32.1. The van der Waals surface area contributed by atoms with E-state index in [-0.39, 0.29) is 18.3 Å². The summed E-state index contributed by atoms with van der Waals surface area (Å²) in [6.45, 7) is 7.15. The first-order chi connectivity index (χ1) is 13.9. The molecule has 0 saturated heterocycles. The monoisotopic (exact) mass is 413 g/mol. The summed E-state index contributed by atoms with van der Waals surface area (Å²) in [4.78, 5) is 25.1. The molecule has 0 N–H and O–H groups in total. The van der Waals surface area contributed by atoms with E-state index < -0.39 is 0 Å². The summed E-state index contributed by atoms with van der Waals surface area (Å²) in [7, 11) is 0. The number of hydrogen-bond acceptors (Lipinski definition) is 5. The maximum absolute atomic E-state index is 13.6. The minimum Gasteiger partial charge on any atom is -0.330 e. The Hall–Kier alpha value is -2.61. The molecular weight excluding hydrogens is 389 g/mol. The Kier molecular flexibility index (Phi) is 5.45. The smallest absolute Gasteiger partial charge is 0.245 e. The van der Waals surface area contributed by atoms with Gasteiger partial charge in [-0.25, -0.2) is 19.0 Å². The summed E-state index contributed by atoms with van der Waals surface area (Å²) in [5.74, 6) is 1.09. The molecule has 6 nitrogen and oxygen atoms in total. The number of amides is 1. The van der Waals surface area contributed by atoms with Crippen LogP contribution in [0.3, 0.4) is 0 Å². The van der Waals surface area contributed by atoms with E-state index in [0.717, 1.165) is 41.4 Å². The van der Waals surface area contributed by atoms with E-state index in [1.807, 2.05) is 11.8 Å². The van der Waals surface area contributed by atoms with E-state index >= 15 is 0 Å². The van der Waals surface area contributed by atoms with Crippen LogP contribution in [0.5, 0.6) is 0 Å². The maximum Gasteiger partial charge on any atom is 0.245 e. The van der Waals surface area contributed by atoms with E-state index in [1.165, 1.54) is 10.9 Å². The van der Waals surface area contributed by atoms with E-state index in [9.17, 15) is 9.18 Å². The lowest BCUT2D eigenvalue weighted by atomic mass is 10.1. The number of hydrogen-bond donors (Lipinski definition) is 0.